The third-order valence-corrected chi connectivity index (χ3v) is 5.46. The first kappa shape index (κ1) is 17.8. The summed E-state index contributed by atoms with van der Waals surface area (Å²) in [5.41, 5.74) is 1.04. The van der Waals surface area contributed by atoms with Crippen molar-refractivity contribution in [2.24, 2.45) is 0 Å². The summed E-state index contributed by atoms with van der Waals surface area (Å²) in [5, 5.41) is 5.08. The first-order valence-electron chi connectivity index (χ1n) is 9.06. The average molecular weight is 359 g/mol. The van der Waals surface area contributed by atoms with Gasteiger partial charge in [-0.05, 0) is 50.1 Å². The largest absolute Gasteiger partial charge is 0.490 e. The van der Waals surface area contributed by atoms with Gasteiger partial charge in [-0.3, -0.25) is 0 Å². The van der Waals surface area contributed by atoms with Crippen molar-refractivity contribution in [2.75, 3.05) is 6.54 Å². The van der Waals surface area contributed by atoms with E-state index in [1.165, 1.54) is 17.7 Å². The second-order valence-corrected chi connectivity index (χ2v) is 7.42. The zero-order valence-electron chi connectivity index (χ0n) is 14.7. The van der Waals surface area contributed by atoms with Crippen LogP contribution in [-0.2, 0) is 13.1 Å². The van der Waals surface area contributed by atoms with E-state index in [4.69, 9.17) is 4.74 Å². The molecule has 1 aromatic carbocycles. The van der Waals surface area contributed by atoms with Crippen LogP contribution in [0.15, 0.2) is 41.8 Å². The lowest BCUT2D eigenvalue weighted by Crippen LogP contribution is -2.38. The molecule has 0 spiro atoms. The van der Waals surface area contributed by atoms with Crippen LogP contribution in [0.2, 0.25) is 0 Å². The Hall–Kier alpha value is -2.01. The Kier molecular flexibility index (Phi) is 6.34. The number of ether oxygens (including phenoxy) is 1. The summed E-state index contributed by atoms with van der Waals surface area (Å²) in [4.78, 5) is 15.5. The van der Waals surface area contributed by atoms with Crippen LogP contribution >= 0.6 is 11.3 Å². The number of rotatable bonds is 7. The SMILES string of the molecule is CCN(Cc1cccs1)C(=O)NCc1ccccc1OC1CCCC1. The van der Waals surface area contributed by atoms with Gasteiger partial charge in [0.2, 0.25) is 0 Å². The van der Waals surface area contributed by atoms with E-state index in [1.54, 1.807) is 11.3 Å². The smallest absolute Gasteiger partial charge is 0.317 e. The number of thiophene rings is 1. The van der Waals surface area contributed by atoms with E-state index < -0.39 is 0 Å². The summed E-state index contributed by atoms with van der Waals surface area (Å²) in [5.74, 6) is 0.899. The van der Waals surface area contributed by atoms with Crippen molar-refractivity contribution in [1.82, 2.24) is 10.2 Å². The van der Waals surface area contributed by atoms with E-state index in [-0.39, 0.29) is 6.03 Å². The number of urea groups is 1. The first-order valence-corrected chi connectivity index (χ1v) is 9.94. The van der Waals surface area contributed by atoms with Crippen LogP contribution in [0, 0.1) is 0 Å². The molecule has 1 heterocycles. The predicted molar refractivity (Wildman–Crippen MR) is 102 cm³/mol. The summed E-state index contributed by atoms with van der Waals surface area (Å²) in [6.07, 6.45) is 5.08. The standard InChI is InChI=1S/C20H26N2O2S/c1-2-22(15-18-11-7-13-25-18)20(23)21-14-16-8-3-6-12-19(16)24-17-9-4-5-10-17/h3,6-8,11-13,17H,2,4-5,9-10,14-15H2,1H3,(H,21,23). The van der Waals surface area contributed by atoms with Gasteiger partial charge < -0.3 is 15.0 Å². The van der Waals surface area contributed by atoms with Crippen LogP contribution in [0.5, 0.6) is 5.75 Å². The maximum absolute atomic E-state index is 12.5. The molecule has 1 saturated carbocycles. The normalized spacial score (nSPS) is 14.4. The molecule has 5 heteroatoms. The van der Waals surface area contributed by atoms with Crippen LogP contribution in [-0.4, -0.2) is 23.6 Å². The van der Waals surface area contributed by atoms with Crippen molar-refractivity contribution >= 4 is 17.4 Å². The topological polar surface area (TPSA) is 41.6 Å². The third kappa shape index (κ3) is 4.98. The maximum Gasteiger partial charge on any atom is 0.317 e. The van der Waals surface area contributed by atoms with Crippen molar-refractivity contribution < 1.29 is 9.53 Å². The van der Waals surface area contributed by atoms with Gasteiger partial charge >= 0.3 is 6.03 Å². The van der Waals surface area contributed by atoms with Gasteiger partial charge in [0.1, 0.15) is 5.75 Å². The second kappa shape index (κ2) is 8.90. The van der Waals surface area contributed by atoms with Crippen molar-refractivity contribution in [3.05, 3.63) is 52.2 Å². The van der Waals surface area contributed by atoms with Crippen molar-refractivity contribution in [2.45, 2.75) is 51.8 Å². The van der Waals surface area contributed by atoms with Gasteiger partial charge in [-0.2, -0.15) is 0 Å². The minimum atomic E-state index is -0.0356. The first-order chi connectivity index (χ1) is 12.3. The molecule has 134 valence electrons. The zero-order valence-corrected chi connectivity index (χ0v) is 15.6. The van der Waals surface area contributed by atoms with Crippen LogP contribution < -0.4 is 10.1 Å². The molecule has 0 bridgehead atoms. The highest BCUT2D eigenvalue weighted by atomic mass is 32.1. The van der Waals surface area contributed by atoms with E-state index in [9.17, 15) is 4.79 Å². The summed E-state index contributed by atoms with van der Waals surface area (Å²) in [6.45, 7) is 3.83. The lowest BCUT2D eigenvalue weighted by atomic mass is 10.2. The fourth-order valence-corrected chi connectivity index (χ4v) is 3.87. The molecular weight excluding hydrogens is 332 g/mol. The molecule has 1 N–H and O–H groups in total. The highest BCUT2D eigenvalue weighted by Gasteiger charge is 2.18. The number of nitrogens with one attached hydrogen (secondary N) is 1. The van der Waals surface area contributed by atoms with Crippen molar-refractivity contribution in [1.29, 1.82) is 0 Å². The highest BCUT2D eigenvalue weighted by Crippen LogP contribution is 2.26. The molecule has 1 aliphatic rings. The molecule has 0 aliphatic heterocycles. The van der Waals surface area contributed by atoms with Crippen LogP contribution in [0.25, 0.3) is 0 Å². The number of hydrogen-bond donors (Lipinski definition) is 1. The van der Waals surface area contributed by atoms with Gasteiger partial charge in [-0.15, -0.1) is 11.3 Å². The monoisotopic (exact) mass is 358 g/mol. The van der Waals surface area contributed by atoms with E-state index in [0.717, 1.165) is 24.2 Å². The Morgan fingerprint density at radius 3 is 2.76 bits per heavy atom. The molecule has 25 heavy (non-hydrogen) atoms. The zero-order chi connectivity index (χ0) is 17.5. The van der Waals surface area contributed by atoms with E-state index in [1.807, 2.05) is 47.5 Å². The molecule has 0 saturated heterocycles. The molecular formula is C20H26N2O2S. The molecule has 0 unspecified atom stereocenters. The molecule has 3 rings (SSSR count). The Morgan fingerprint density at radius 1 is 1.24 bits per heavy atom. The van der Waals surface area contributed by atoms with Crippen molar-refractivity contribution in [3.8, 4) is 5.75 Å². The van der Waals surface area contributed by atoms with Gasteiger partial charge in [0, 0.05) is 23.5 Å². The number of hydrogen-bond acceptors (Lipinski definition) is 3. The Balaban J connectivity index is 1.57. The quantitative estimate of drug-likeness (QED) is 0.772. The molecule has 1 fully saturated rings. The van der Waals surface area contributed by atoms with Crippen LogP contribution in [0.4, 0.5) is 4.79 Å². The van der Waals surface area contributed by atoms with Crippen LogP contribution in [0.1, 0.15) is 43.0 Å². The lowest BCUT2D eigenvalue weighted by Gasteiger charge is -2.22. The number of amides is 2. The van der Waals surface area contributed by atoms with Gasteiger partial charge in [0.15, 0.2) is 0 Å². The lowest BCUT2D eigenvalue weighted by molar-refractivity contribution is 0.196. The molecule has 4 nitrogen and oxygen atoms in total. The van der Waals surface area contributed by atoms with E-state index >= 15 is 0 Å². The predicted octanol–water partition coefficient (Wildman–Crippen LogP) is 4.80. The number of para-hydroxylation sites is 1. The van der Waals surface area contributed by atoms with E-state index in [2.05, 4.69) is 11.4 Å². The van der Waals surface area contributed by atoms with Gasteiger partial charge in [0.25, 0.3) is 0 Å². The van der Waals surface area contributed by atoms with Crippen molar-refractivity contribution in [3.63, 3.8) is 0 Å². The van der Waals surface area contributed by atoms with Crippen LogP contribution in [0.3, 0.4) is 0 Å². The van der Waals surface area contributed by atoms with E-state index in [0.29, 0.717) is 25.7 Å². The summed E-state index contributed by atoms with van der Waals surface area (Å²) >= 11 is 1.68. The fraction of sp³-hybridized carbons (Fsp3) is 0.450. The van der Waals surface area contributed by atoms with Gasteiger partial charge in [0.05, 0.1) is 12.6 Å². The molecule has 0 atom stereocenters. The molecule has 2 aromatic rings. The minimum absolute atomic E-state index is 0.0356. The molecule has 1 aromatic heterocycles. The highest BCUT2D eigenvalue weighted by molar-refractivity contribution is 7.09. The molecule has 1 aliphatic carbocycles. The average Bonchev–Trinajstić information content (AvgIpc) is 3.32. The Labute approximate surface area is 153 Å². The minimum Gasteiger partial charge on any atom is -0.490 e. The Morgan fingerprint density at radius 2 is 2.04 bits per heavy atom. The number of benzene rings is 1. The summed E-state index contributed by atoms with van der Waals surface area (Å²) < 4.78 is 6.15. The molecule has 2 amide bonds. The van der Waals surface area contributed by atoms with Gasteiger partial charge in [-0.1, -0.05) is 24.3 Å². The summed E-state index contributed by atoms with van der Waals surface area (Å²) in [6, 6.07) is 12.1. The maximum atomic E-state index is 12.5. The second-order valence-electron chi connectivity index (χ2n) is 6.38. The Bertz CT molecular complexity index is 666. The third-order valence-electron chi connectivity index (χ3n) is 4.59. The van der Waals surface area contributed by atoms with Gasteiger partial charge in [-0.25, -0.2) is 4.79 Å². The number of nitrogens with zero attached hydrogens (tertiary/aromatic N) is 1. The number of carbonyl (C=O) groups is 1. The number of carbonyl (C=O) groups excluding carboxylic acids is 1. The fourth-order valence-electron chi connectivity index (χ4n) is 3.15. The molecule has 0 radical (unpaired) electrons. The summed E-state index contributed by atoms with van der Waals surface area (Å²) in [7, 11) is 0.